The van der Waals surface area contributed by atoms with Crippen molar-refractivity contribution < 1.29 is 33.7 Å². The summed E-state index contributed by atoms with van der Waals surface area (Å²) in [6.07, 6.45) is 0.519. The molecule has 1 aliphatic rings. The summed E-state index contributed by atoms with van der Waals surface area (Å²) >= 11 is 0. The summed E-state index contributed by atoms with van der Waals surface area (Å²) in [4.78, 5) is 38.9. The SMILES string of the molecule is COCCCN1C(=O)C(=O)/C(=C(\O)c2ccc(OC)c(C(C)C)c2)C1c1ccc(OC(C)=O)cc1. The van der Waals surface area contributed by atoms with Gasteiger partial charge in [-0.05, 0) is 53.8 Å². The zero-order valence-corrected chi connectivity index (χ0v) is 20.7. The molecule has 2 aromatic rings. The zero-order valence-electron chi connectivity index (χ0n) is 20.7. The number of nitrogens with zero attached hydrogens (tertiary/aromatic N) is 1. The van der Waals surface area contributed by atoms with Crippen LogP contribution in [0.25, 0.3) is 5.76 Å². The minimum atomic E-state index is -0.803. The number of carbonyl (C=O) groups is 3. The highest BCUT2D eigenvalue weighted by Crippen LogP contribution is 2.40. The van der Waals surface area contributed by atoms with Crippen molar-refractivity contribution in [1.29, 1.82) is 0 Å². The monoisotopic (exact) mass is 481 g/mol. The molecule has 1 unspecified atom stereocenters. The average Bonchev–Trinajstić information content (AvgIpc) is 3.08. The number of methoxy groups -OCH3 is 2. The quantitative estimate of drug-likeness (QED) is 0.143. The fourth-order valence-electron chi connectivity index (χ4n) is 4.21. The molecular weight excluding hydrogens is 450 g/mol. The van der Waals surface area contributed by atoms with Crippen LogP contribution >= 0.6 is 0 Å². The highest BCUT2D eigenvalue weighted by atomic mass is 16.5. The lowest BCUT2D eigenvalue weighted by molar-refractivity contribution is -0.140. The van der Waals surface area contributed by atoms with E-state index in [0.717, 1.165) is 5.56 Å². The number of amides is 1. The molecule has 8 heteroatoms. The van der Waals surface area contributed by atoms with E-state index in [4.69, 9.17) is 14.2 Å². The summed E-state index contributed by atoms with van der Waals surface area (Å²) < 4.78 is 15.7. The fraction of sp³-hybridized carbons (Fsp3) is 0.370. The Kier molecular flexibility index (Phi) is 8.30. The zero-order chi connectivity index (χ0) is 25.7. The summed E-state index contributed by atoms with van der Waals surface area (Å²) in [5, 5.41) is 11.3. The molecule has 8 nitrogen and oxygen atoms in total. The Hall–Kier alpha value is -3.65. The van der Waals surface area contributed by atoms with Crippen LogP contribution in [0.3, 0.4) is 0 Å². The number of rotatable bonds is 9. The first-order chi connectivity index (χ1) is 16.7. The van der Waals surface area contributed by atoms with E-state index in [2.05, 4.69) is 0 Å². The third-order valence-corrected chi connectivity index (χ3v) is 5.87. The van der Waals surface area contributed by atoms with Crippen molar-refractivity contribution in [3.05, 3.63) is 64.7 Å². The van der Waals surface area contributed by atoms with E-state index in [1.807, 2.05) is 13.8 Å². The molecule has 0 saturated carbocycles. The lowest BCUT2D eigenvalue weighted by Gasteiger charge is -2.25. The molecular formula is C27H31NO7. The van der Waals surface area contributed by atoms with E-state index in [1.54, 1.807) is 56.7 Å². The molecule has 186 valence electrons. The normalized spacial score (nSPS) is 17.2. The number of hydrogen-bond acceptors (Lipinski definition) is 7. The van der Waals surface area contributed by atoms with Gasteiger partial charge in [0.25, 0.3) is 11.7 Å². The minimum absolute atomic E-state index is 0.00697. The number of ketones is 1. The predicted octanol–water partition coefficient (Wildman–Crippen LogP) is 4.20. The predicted molar refractivity (Wildman–Crippen MR) is 130 cm³/mol. The van der Waals surface area contributed by atoms with E-state index in [0.29, 0.717) is 35.7 Å². The molecule has 0 radical (unpaired) electrons. The number of aliphatic hydroxyl groups is 1. The number of hydrogen-bond donors (Lipinski definition) is 1. The second kappa shape index (κ2) is 11.2. The summed E-state index contributed by atoms with van der Waals surface area (Å²) in [5.41, 5.74) is 1.91. The van der Waals surface area contributed by atoms with E-state index < -0.39 is 23.7 Å². The van der Waals surface area contributed by atoms with Crippen molar-refractivity contribution in [2.24, 2.45) is 0 Å². The molecule has 0 spiro atoms. The topological polar surface area (TPSA) is 102 Å². The standard InChI is InChI=1S/C27H31NO7/c1-16(2)21-15-19(9-12-22(21)34-5)25(30)23-24(18-7-10-20(11-8-18)35-17(3)29)28(13-6-14-33-4)27(32)26(23)31/h7-12,15-16,24,30H,6,13-14H2,1-5H3/b25-23-. The van der Waals surface area contributed by atoms with Crippen molar-refractivity contribution >= 4 is 23.4 Å². The van der Waals surface area contributed by atoms with Crippen molar-refractivity contribution in [2.45, 2.75) is 39.2 Å². The van der Waals surface area contributed by atoms with Gasteiger partial charge in [-0.25, -0.2) is 0 Å². The van der Waals surface area contributed by atoms with Gasteiger partial charge in [-0.1, -0.05) is 26.0 Å². The maximum atomic E-state index is 13.2. The van der Waals surface area contributed by atoms with Gasteiger partial charge < -0.3 is 24.2 Å². The molecule has 35 heavy (non-hydrogen) atoms. The van der Waals surface area contributed by atoms with Crippen LogP contribution < -0.4 is 9.47 Å². The fourth-order valence-corrected chi connectivity index (χ4v) is 4.21. The van der Waals surface area contributed by atoms with Crippen LogP contribution in [0.15, 0.2) is 48.0 Å². The first-order valence-electron chi connectivity index (χ1n) is 11.4. The summed E-state index contributed by atoms with van der Waals surface area (Å²) in [7, 11) is 3.14. The number of esters is 1. The second-order valence-electron chi connectivity index (χ2n) is 8.61. The third-order valence-electron chi connectivity index (χ3n) is 5.87. The van der Waals surface area contributed by atoms with Gasteiger partial charge >= 0.3 is 5.97 Å². The molecule has 1 N–H and O–H groups in total. The highest BCUT2D eigenvalue weighted by Gasteiger charge is 2.45. The van der Waals surface area contributed by atoms with Gasteiger partial charge in [0.1, 0.15) is 17.3 Å². The van der Waals surface area contributed by atoms with Gasteiger partial charge in [-0.3, -0.25) is 14.4 Å². The third kappa shape index (κ3) is 5.54. The van der Waals surface area contributed by atoms with Gasteiger partial charge in [0.15, 0.2) is 0 Å². The molecule has 1 heterocycles. The van der Waals surface area contributed by atoms with Crippen LogP contribution in [0.4, 0.5) is 0 Å². The van der Waals surface area contributed by atoms with Crippen LogP contribution in [0.2, 0.25) is 0 Å². The van der Waals surface area contributed by atoms with Crippen LogP contribution in [-0.4, -0.2) is 55.0 Å². The van der Waals surface area contributed by atoms with E-state index in [1.165, 1.54) is 11.8 Å². The molecule has 1 amide bonds. The molecule has 3 rings (SSSR count). The maximum absolute atomic E-state index is 13.2. The number of aliphatic hydroxyl groups excluding tert-OH is 1. The first-order valence-corrected chi connectivity index (χ1v) is 11.4. The Balaban J connectivity index is 2.13. The molecule has 1 atom stereocenters. The highest BCUT2D eigenvalue weighted by molar-refractivity contribution is 6.46. The van der Waals surface area contributed by atoms with Crippen LogP contribution in [0.1, 0.15) is 55.8 Å². The second-order valence-corrected chi connectivity index (χ2v) is 8.61. The number of Topliss-reactive ketones (excluding diaryl/α,β-unsaturated/α-hetero) is 1. The number of carbonyl (C=O) groups excluding carboxylic acids is 3. The first kappa shape index (κ1) is 26.0. The van der Waals surface area contributed by atoms with Crippen LogP contribution in [-0.2, 0) is 19.1 Å². The molecule has 0 aliphatic carbocycles. The molecule has 2 aromatic carbocycles. The van der Waals surface area contributed by atoms with E-state index in [-0.39, 0.29) is 23.8 Å². The van der Waals surface area contributed by atoms with Gasteiger partial charge in [-0.2, -0.15) is 0 Å². The average molecular weight is 482 g/mol. The van der Waals surface area contributed by atoms with Gasteiger partial charge in [0.05, 0.1) is 18.7 Å². The van der Waals surface area contributed by atoms with E-state index >= 15 is 0 Å². The lowest BCUT2D eigenvalue weighted by atomic mass is 9.93. The molecule has 0 bridgehead atoms. The Labute approximate surface area is 205 Å². The van der Waals surface area contributed by atoms with E-state index in [9.17, 15) is 19.5 Å². The molecule has 0 aromatic heterocycles. The van der Waals surface area contributed by atoms with Crippen LogP contribution in [0.5, 0.6) is 11.5 Å². The number of likely N-dealkylation sites (tertiary alicyclic amines) is 1. The van der Waals surface area contributed by atoms with Crippen molar-refractivity contribution in [2.75, 3.05) is 27.4 Å². The summed E-state index contributed by atoms with van der Waals surface area (Å²) in [6, 6.07) is 10.9. The Morgan fingerprint density at radius 2 is 1.77 bits per heavy atom. The number of benzene rings is 2. The van der Waals surface area contributed by atoms with Crippen LogP contribution in [0, 0.1) is 0 Å². The van der Waals surface area contributed by atoms with Crippen molar-refractivity contribution in [1.82, 2.24) is 4.90 Å². The molecule has 1 aliphatic heterocycles. The van der Waals surface area contributed by atoms with Gasteiger partial charge in [-0.15, -0.1) is 0 Å². The smallest absolute Gasteiger partial charge is 0.308 e. The summed E-state index contributed by atoms with van der Waals surface area (Å²) in [5.74, 6) is -1.02. The molecule has 1 fully saturated rings. The van der Waals surface area contributed by atoms with Crippen molar-refractivity contribution in [3.8, 4) is 11.5 Å². The minimum Gasteiger partial charge on any atom is -0.507 e. The number of ether oxygens (including phenoxy) is 3. The van der Waals surface area contributed by atoms with Gasteiger partial charge in [0, 0.05) is 32.7 Å². The molecule has 1 saturated heterocycles. The Morgan fingerprint density at radius 3 is 2.34 bits per heavy atom. The Bertz CT molecular complexity index is 1130. The maximum Gasteiger partial charge on any atom is 0.308 e. The van der Waals surface area contributed by atoms with Gasteiger partial charge in [0.2, 0.25) is 0 Å². The van der Waals surface area contributed by atoms with Crippen molar-refractivity contribution in [3.63, 3.8) is 0 Å². The largest absolute Gasteiger partial charge is 0.507 e. The Morgan fingerprint density at radius 1 is 1.09 bits per heavy atom. The summed E-state index contributed by atoms with van der Waals surface area (Å²) in [6.45, 7) is 5.99. The lowest BCUT2D eigenvalue weighted by Crippen LogP contribution is -2.31.